The van der Waals surface area contributed by atoms with Crippen LogP contribution in [0.25, 0.3) is 11.1 Å². The van der Waals surface area contributed by atoms with Crippen LogP contribution in [-0.4, -0.2) is 32.8 Å². The van der Waals surface area contributed by atoms with E-state index in [4.69, 9.17) is 4.74 Å². The molecule has 1 amide bonds. The van der Waals surface area contributed by atoms with Crippen molar-refractivity contribution < 1.29 is 9.53 Å². The molecule has 0 heterocycles. The van der Waals surface area contributed by atoms with Crippen molar-refractivity contribution in [3.8, 4) is 11.1 Å². The molecule has 2 N–H and O–H groups in total. The number of fused-ring (bicyclic) bond motifs is 3. The van der Waals surface area contributed by atoms with Crippen LogP contribution < -0.4 is 10.6 Å². The van der Waals surface area contributed by atoms with E-state index in [1.807, 2.05) is 31.3 Å². The van der Waals surface area contributed by atoms with Gasteiger partial charge in [-0.1, -0.05) is 48.5 Å². The average molecular weight is 296 g/mol. The van der Waals surface area contributed by atoms with Gasteiger partial charge in [0.25, 0.3) is 0 Å². The monoisotopic (exact) mass is 296 g/mol. The summed E-state index contributed by atoms with van der Waals surface area (Å²) >= 11 is 0. The maximum Gasteiger partial charge on any atom is 0.407 e. The van der Waals surface area contributed by atoms with Gasteiger partial charge in [-0.2, -0.15) is 0 Å². The number of benzene rings is 2. The zero-order valence-electron chi connectivity index (χ0n) is 12.6. The standard InChI is InChI=1S/C18H20N2O2/c1-19-10-11-20-18(21)22-12-17-15-8-4-2-6-13(15)14-7-3-5-9-16(14)17/h2-9,17,19H,10-12H2,1H3,(H,20,21). The molecular formula is C18H20N2O2. The summed E-state index contributed by atoms with van der Waals surface area (Å²) in [4.78, 5) is 11.7. The third-order valence-corrected chi connectivity index (χ3v) is 3.99. The number of likely N-dealkylation sites (N-methyl/N-ethyl adjacent to an activating group) is 1. The van der Waals surface area contributed by atoms with Crippen molar-refractivity contribution in [1.82, 2.24) is 10.6 Å². The lowest BCUT2D eigenvalue weighted by Gasteiger charge is -2.14. The summed E-state index contributed by atoms with van der Waals surface area (Å²) in [6.45, 7) is 1.65. The van der Waals surface area contributed by atoms with Gasteiger partial charge in [0.1, 0.15) is 6.61 Å². The molecule has 2 aromatic carbocycles. The minimum atomic E-state index is -0.364. The summed E-state index contributed by atoms with van der Waals surface area (Å²) in [7, 11) is 1.85. The lowest BCUT2D eigenvalue weighted by Crippen LogP contribution is -2.31. The topological polar surface area (TPSA) is 50.4 Å². The van der Waals surface area contributed by atoms with Crippen molar-refractivity contribution in [2.75, 3.05) is 26.7 Å². The Labute approximate surface area is 130 Å². The van der Waals surface area contributed by atoms with Gasteiger partial charge in [0.05, 0.1) is 0 Å². The molecule has 0 saturated carbocycles. The third-order valence-electron chi connectivity index (χ3n) is 3.99. The van der Waals surface area contributed by atoms with E-state index in [0.717, 1.165) is 6.54 Å². The van der Waals surface area contributed by atoms with E-state index in [9.17, 15) is 4.79 Å². The maximum absolute atomic E-state index is 11.7. The highest BCUT2D eigenvalue weighted by Gasteiger charge is 2.28. The molecule has 0 aromatic heterocycles. The number of ether oxygens (including phenoxy) is 1. The molecule has 4 heteroatoms. The van der Waals surface area contributed by atoms with Crippen molar-refractivity contribution in [2.24, 2.45) is 0 Å². The number of carbonyl (C=O) groups excluding carboxylic acids is 1. The van der Waals surface area contributed by atoms with E-state index in [1.165, 1.54) is 22.3 Å². The van der Waals surface area contributed by atoms with Gasteiger partial charge in [-0.3, -0.25) is 0 Å². The van der Waals surface area contributed by atoms with Crippen molar-refractivity contribution in [2.45, 2.75) is 5.92 Å². The molecule has 4 nitrogen and oxygen atoms in total. The van der Waals surface area contributed by atoms with Crippen LogP contribution in [0.2, 0.25) is 0 Å². The summed E-state index contributed by atoms with van der Waals surface area (Å²) in [5, 5.41) is 5.71. The molecule has 2 aromatic rings. The Bertz CT molecular complexity index is 624. The second-order valence-electron chi connectivity index (χ2n) is 5.36. The molecule has 22 heavy (non-hydrogen) atoms. The van der Waals surface area contributed by atoms with E-state index >= 15 is 0 Å². The first-order valence-corrected chi connectivity index (χ1v) is 7.54. The molecule has 1 aliphatic carbocycles. The Morgan fingerprint density at radius 2 is 1.59 bits per heavy atom. The summed E-state index contributed by atoms with van der Waals surface area (Å²) in [6.07, 6.45) is -0.364. The van der Waals surface area contributed by atoms with Gasteiger partial charge in [0.15, 0.2) is 0 Å². The van der Waals surface area contributed by atoms with Gasteiger partial charge in [0, 0.05) is 19.0 Å². The van der Waals surface area contributed by atoms with Gasteiger partial charge in [-0.15, -0.1) is 0 Å². The smallest absolute Gasteiger partial charge is 0.407 e. The molecular weight excluding hydrogens is 276 g/mol. The molecule has 114 valence electrons. The van der Waals surface area contributed by atoms with Crippen LogP contribution in [0.1, 0.15) is 17.0 Å². The molecule has 0 aliphatic heterocycles. The van der Waals surface area contributed by atoms with Crippen LogP contribution in [0.3, 0.4) is 0 Å². The molecule has 0 radical (unpaired) electrons. The van der Waals surface area contributed by atoms with Crippen molar-refractivity contribution in [3.05, 3.63) is 59.7 Å². The van der Waals surface area contributed by atoms with Crippen molar-refractivity contribution in [3.63, 3.8) is 0 Å². The summed E-state index contributed by atoms with van der Waals surface area (Å²) in [6, 6.07) is 16.6. The fourth-order valence-electron chi connectivity index (χ4n) is 2.94. The highest BCUT2D eigenvalue weighted by Crippen LogP contribution is 2.44. The number of nitrogens with one attached hydrogen (secondary N) is 2. The zero-order valence-corrected chi connectivity index (χ0v) is 12.6. The van der Waals surface area contributed by atoms with Crippen molar-refractivity contribution in [1.29, 1.82) is 0 Å². The largest absolute Gasteiger partial charge is 0.449 e. The number of carbonyl (C=O) groups is 1. The van der Waals surface area contributed by atoms with Crippen LogP contribution in [0.5, 0.6) is 0 Å². The number of hydrogen-bond donors (Lipinski definition) is 2. The van der Waals surface area contributed by atoms with Crippen LogP contribution in [0.15, 0.2) is 48.5 Å². The first kappa shape index (κ1) is 14.6. The first-order chi connectivity index (χ1) is 10.8. The summed E-state index contributed by atoms with van der Waals surface area (Å²) in [5.41, 5.74) is 4.93. The van der Waals surface area contributed by atoms with Crippen LogP contribution in [0.4, 0.5) is 4.79 Å². The number of hydrogen-bond acceptors (Lipinski definition) is 3. The third kappa shape index (κ3) is 2.83. The molecule has 0 spiro atoms. The maximum atomic E-state index is 11.7. The zero-order chi connectivity index (χ0) is 15.4. The second-order valence-corrected chi connectivity index (χ2v) is 5.36. The van der Waals surface area contributed by atoms with Crippen LogP contribution in [-0.2, 0) is 4.74 Å². The van der Waals surface area contributed by atoms with E-state index in [-0.39, 0.29) is 12.0 Å². The molecule has 0 bridgehead atoms. The Balaban J connectivity index is 1.73. The van der Waals surface area contributed by atoms with Gasteiger partial charge in [0.2, 0.25) is 0 Å². The van der Waals surface area contributed by atoms with E-state index in [1.54, 1.807) is 0 Å². The van der Waals surface area contributed by atoms with E-state index < -0.39 is 0 Å². The minimum Gasteiger partial charge on any atom is -0.449 e. The predicted octanol–water partition coefficient (Wildman–Crippen LogP) is 2.74. The second kappa shape index (κ2) is 6.62. The van der Waals surface area contributed by atoms with Gasteiger partial charge < -0.3 is 15.4 Å². The quantitative estimate of drug-likeness (QED) is 0.834. The predicted molar refractivity (Wildman–Crippen MR) is 87.0 cm³/mol. The molecule has 0 unspecified atom stereocenters. The Morgan fingerprint density at radius 1 is 1.00 bits per heavy atom. The Kier molecular flexibility index (Phi) is 4.39. The highest BCUT2D eigenvalue weighted by atomic mass is 16.5. The minimum absolute atomic E-state index is 0.113. The SMILES string of the molecule is CNCCNC(=O)OCC1c2ccccc2-c2ccccc21. The van der Waals surface area contributed by atoms with Gasteiger partial charge in [-0.25, -0.2) is 4.79 Å². The van der Waals surface area contributed by atoms with Crippen LogP contribution >= 0.6 is 0 Å². The van der Waals surface area contributed by atoms with Gasteiger partial charge >= 0.3 is 6.09 Å². The summed E-state index contributed by atoms with van der Waals surface area (Å²) < 4.78 is 5.41. The Morgan fingerprint density at radius 3 is 2.18 bits per heavy atom. The van der Waals surface area contributed by atoms with Crippen molar-refractivity contribution >= 4 is 6.09 Å². The van der Waals surface area contributed by atoms with E-state index in [2.05, 4.69) is 34.9 Å². The number of amides is 1. The first-order valence-electron chi connectivity index (χ1n) is 7.54. The molecule has 0 atom stereocenters. The van der Waals surface area contributed by atoms with Crippen LogP contribution in [0, 0.1) is 0 Å². The lowest BCUT2D eigenvalue weighted by molar-refractivity contribution is 0.143. The fraction of sp³-hybridized carbons (Fsp3) is 0.278. The highest BCUT2D eigenvalue weighted by molar-refractivity contribution is 5.79. The number of rotatable bonds is 5. The molecule has 0 saturated heterocycles. The summed E-state index contributed by atoms with van der Waals surface area (Å²) in [5.74, 6) is 0.113. The van der Waals surface area contributed by atoms with Gasteiger partial charge in [-0.05, 0) is 29.3 Å². The lowest BCUT2D eigenvalue weighted by atomic mass is 9.98. The molecule has 3 rings (SSSR count). The number of alkyl carbamates (subject to hydrolysis) is 1. The average Bonchev–Trinajstić information content (AvgIpc) is 2.87. The molecule has 1 aliphatic rings. The normalized spacial score (nSPS) is 12.6. The molecule has 0 fully saturated rings. The fourth-order valence-corrected chi connectivity index (χ4v) is 2.94. The Hall–Kier alpha value is -2.33. The van der Waals surface area contributed by atoms with E-state index in [0.29, 0.717) is 13.2 Å².